The minimum absolute atomic E-state index is 0.149. The standard InChI is InChI=1S/C10H15P/c1-3-11(4-2)10-8-6-5-7-9-10/h5-9H,3-4H2,1-2H3. The van der Waals surface area contributed by atoms with Crippen LogP contribution in [-0.4, -0.2) is 12.3 Å². The molecule has 11 heavy (non-hydrogen) atoms. The summed E-state index contributed by atoms with van der Waals surface area (Å²) in [5.41, 5.74) is 0. The Kier molecular flexibility index (Phi) is 3.59. The van der Waals surface area contributed by atoms with E-state index < -0.39 is 0 Å². The maximum absolute atomic E-state index is 2.28. The summed E-state index contributed by atoms with van der Waals surface area (Å²) in [6, 6.07) is 10.9. The third kappa shape index (κ3) is 2.31. The van der Waals surface area contributed by atoms with Crippen molar-refractivity contribution in [3.63, 3.8) is 0 Å². The Labute approximate surface area is 70.4 Å². The molecule has 0 aromatic heterocycles. The van der Waals surface area contributed by atoms with Gasteiger partial charge in [0.05, 0.1) is 0 Å². The summed E-state index contributed by atoms with van der Waals surface area (Å²) in [5, 5.41) is 1.55. The maximum atomic E-state index is 2.28. The molecule has 0 aliphatic carbocycles. The van der Waals surface area contributed by atoms with Crippen LogP contribution < -0.4 is 5.30 Å². The molecule has 0 atom stereocenters. The van der Waals surface area contributed by atoms with Gasteiger partial charge in [0, 0.05) is 0 Å². The molecule has 1 aromatic rings. The summed E-state index contributed by atoms with van der Waals surface area (Å²) in [7, 11) is 0.149. The highest BCUT2D eigenvalue weighted by molar-refractivity contribution is 7.65. The fraction of sp³-hybridized carbons (Fsp3) is 0.400. The van der Waals surface area contributed by atoms with Crippen LogP contribution in [0.3, 0.4) is 0 Å². The first-order valence-corrected chi connectivity index (χ1v) is 5.89. The summed E-state index contributed by atoms with van der Waals surface area (Å²) in [6.07, 6.45) is 2.63. The fourth-order valence-electron chi connectivity index (χ4n) is 1.23. The molecule has 0 aliphatic rings. The van der Waals surface area contributed by atoms with Gasteiger partial charge in [-0.1, -0.05) is 52.1 Å². The Morgan fingerprint density at radius 2 is 1.55 bits per heavy atom. The van der Waals surface area contributed by atoms with Crippen LogP contribution in [-0.2, 0) is 0 Å². The highest BCUT2D eigenvalue weighted by Crippen LogP contribution is 2.32. The Bertz CT molecular complexity index is 189. The van der Waals surface area contributed by atoms with Crippen LogP contribution in [0.4, 0.5) is 0 Å². The van der Waals surface area contributed by atoms with Gasteiger partial charge in [-0.05, 0) is 17.6 Å². The Hall–Kier alpha value is -0.350. The molecule has 0 fully saturated rings. The molecule has 1 rings (SSSR count). The first-order valence-electron chi connectivity index (χ1n) is 4.18. The van der Waals surface area contributed by atoms with Crippen LogP contribution in [0.5, 0.6) is 0 Å². The molecule has 0 saturated carbocycles. The highest BCUT2D eigenvalue weighted by Gasteiger charge is 2.03. The first kappa shape index (κ1) is 8.74. The van der Waals surface area contributed by atoms with E-state index in [1.807, 2.05) is 0 Å². The zero-order valence-electron chi connectivity index (χ0n) is 7.25. The summed E-state index contributed by atoms with van der Waals surface area (Å²) in [6.45, 7) is 4.56. The van der Waals surface area contributed by atoms with Gasteiger partial charge in [-0.25, -0.2) is 0 Å². The summed E-state index contributed by atoms with van der Waals surface area (Å²) in [5.74, 6) is 0. The number of hydrogen-bond acceptors (Lipinski definition) is 0. The van der Waals surface area contributed by atoms with Gasteiger partial charge in [0.15, 0.2) is 0 Å². The molecule has 0 heterocycles. The van der Waals surface area contributed by atoms with Crippen LogP contribution in [0.15, 0.2) is 30.3 Å². The summed E-state index contributed by atoms with van der Waals surface area (Å²) < 4.78 is 0. The second-order valence-electron chi connectivity index (χ2n) is 2.51. The van der Waals surface area contributed by atoms with E-state index in [0.717, 1.165) is 0 Å². The predicted octanol–water partition coefficient (Wildman–Crippen LogP) is 2.83. The molecule has 0 spiro atoms. The molecule has 1 aromatic carbocycles. The molecular weight excluding hydrogens is 151 g/mol. The van der Waals surface area contributed by atoms with Crippen molar-refractivity contribution in [3.8, 4) is 0 Å². The van der Waals surface area contributed by atoms with Gasteiger partial charge in [0.2, 0.25) is 0 Å². The van der Waals surface area contributed by atoms with Crippen molar-refractivity contribution in [1.29, 1.82) is 0 Å². The van der Waals surface area contributed by atoms with Crippen molar-refractivity contribution >= 4 is 13.2 Å². The number of rotatable bonds is 3. The smallest absolute Gasteiger partial charge is 0.0241 e. The zero-order valence-corrected chi connectivity index (χ0v) is 8.14. The van der Waals surface area contributed by atoms with E-state index in [-0.39, 0.29) is 7.92 Å². The third-order valence-electron chi connectivity index (χ3n) is 1.88. The fourth-order valence-corrected chi connectivity index (χ4v) is 3.00. The van der Waals surface area contributed by atoms with E-state index in [1.165, 1.54) is 12.3 Å². The molecule has 0 saturated heterocycles. The van der Waals surface area contributed by atoms with E-state index in [0.29, 0.717) is 0 Å². The molecule has 0 unspecified atom stereocenters. The normalized spacial score (nSPS) is 10.5. The van der Waals surface area contributed by atoms with E-state index in [4.69, 9.17) is 0 Å². The Balaban J connectivity index is 2.74. The Morgan fingerprint density at radius 3 is 2.00 bits per heavy atom. The van der Waals surface area contributed by atoms with E-state index in [9.17, 15) is 0 Å². The molecular formula is C10H15P. The van der Waals surface area contributed by atoms with Gasteiger partial charge < -0.3 is 0 Å². The van der Waals surface area contributed by atoms with E-state index >= 15 is 0 Å². The second-order valence-corrected chi connectivity index (χ2v) is 5.37. The van der Waals surface area contributed by atoms with Crippen LogP contribution in [0.1, 0.15) is 13.8 Å². The van der Waals surface area contributed by atoms with Gasteiger partial charge in [-0.2, -0.15) is 0 Å². The molecule has 0 amide bonds. The van der Waals surface area contributed by atoms with Crippen LogP contribution >= 0.6 is 7.92 Å². The summed E-state index contributed by atoms with van der Waals surface area (Å²) in [4.78, 5) is 0. The lowest BCUT2D eigenvalue weighted by Gasteiger charge is -2.12. The van der Waals surface area contributed by atoms with E-state index in [1.54, 1.807) is 5.30 Å². The van der Waals surface area contributed by atoms with Crippen LogP contribution in [0.25, 0.3) is 0 Å². The maximum Gasteiger partial charge on any atom is -0.0241 e. The largest absolute Gasteiger partial charge is 0.0759 e. The van der Waals surface area contributed by atoms with E-state index in [2.05, 4.69) is 44.2 Å². The average molecular weight is 166 g/mol. The summed E-state index contributed by atoms with van der Waals surface area (Å²) >= 11 is 0. The van der Waals surface area contributed by atoms with Crippen LogP contribution in [0, 0.1) is 0 Å². The van der Waals surface area contributed by atoms with Crippen molar-refractivity contribution in [2.75, 3.05) is 12.3 Å². The van der Waals surface area contributed by atoms with Gasteiger partial charge in [-0.15, -0.1) is 0 Å². The van der Waals surface area contributed by atoms with Gasteiger partial charge in [-0.3, -0.25) is 0 Å². The molecule has 0 radical (unpaired) electrons. The first-order chi connectivity index (χ1) is 5.38. The molecule has 0 N–H and O–H groups in total. The van der Waals surface area contributed by atoms with Gasteiger partial charge in [0.1, 0.15) is 0 Å². The zero-order chi connectivity index (χ0) is 8.10. The SMILES string of the molecule is CCP(CC)c1ccccc1. The molecule has 1 heteroatoms. The minimum Gasteiger partial charge on any atom is -0.0759 e. The van der Waals surface area contributed by atoms with Crippen molar-refractivity contribution in [2.24, 2.45) is 0 Å². The average Bonchev–Trinajstić information content (AvgIpc) is 2.09. The molecule has 60 valence electrons. The Morgan fingerprint density at radius 1 is 1.00 bits per heavy atom. The highest BCUT2D eigenvalue weighted by atomic mass is 31.1. The molecule has 0 aliphatic heterocycles. The quantitative estimate of drug-likeness (QED) is 0.606. The lowest BCUT2D eigenvalue weighted by Crippen LogP contribution is -2.02. The third-order valence-corrected chi connectivity index (χ3v) is 4.44. The van der Waals surface area contributed by atoms with Crippen molar-refractivity contribution in [2.45, 2.75) is 13.8 Å². The molecule has 0 nitrogen and oxygen atoms in total. The predicted molar refractivity (Wildman–Crippen MR) is 54.1 cm³/mol. The van der Waals surface area contributed by atoms with Crippen molar-refractivity contribution in [1.82, 2.24) is 0 Å². The van der Waals surface area contributed by atoms with Gasteiger partial charge >= 0.3 is 0 Å². The van der Waals surface area contributed by atoms with Crippen molar-refractivity contribution in [3.05, 3.63) is 30.3 Å². The molecule has 0 bridgehead atoms. The topological polar surface area (TPSA) is 0 Å². The number of benzene rings is 1. The van der Waals surface area contributed by atoms with Gasteiger partial charge in [0.25, 0.3) is 0 Å². The minimum atomic E-state index is 0.149. The lowest BCUT2D eigenvalue weighted by molar-refractivity contribution is 1.42. The second kappa shape index (κ2) is 4.51. The van der Waals surface area contributed by atoms with Crippen LogP contribution in [0.2, 0.25) is 0 Å². The number of hydrogen-bond donors (Lipinski definition) is 0. The van der Waals surface area contributed by atoms with Crippen molar-refractivity contribution < 1.29 is 0 Å². The lowest BCUT2D eigenvalue weighted by atomic mass is 10.4. The monoisotopic (exact) mass is 166 g/mol.